The van der Waals surface area contributed by atoms with Crippen LogP contribution in [0.25, 0.3) is 0 Å². The van der Waals surface area contributed by atoms with Gasteiger partial charge in [0.25, 0.3) is 0 Å². The molecule has 0 amide bonds. The van der Waals surface area contributed by atoms with Gasteiger partial charge in [0.1, 0.15) is 5.75 Å². The van der Waals surface area contributed by atoms with Crippen molar-refractivity contribution in [3.05, 3.63) is 29.8 Å². The lowest BCUT2D eigenvalue weighted by Gasteiger charge is -2.32. The standard InChI is InChI=1S/C19H36O4Si2/c1-7-8-9-10-11-16-21-24(3,4)23-25(5,6)22-17-18-12-14-19(20-2)15-13-18/h12-15H,7-11,16-17H2,1-6H3. The zero-order valence-corrected chi connectivity index (χ0v) is 18.9. The summed E-state index contributed by atoms with van der Waals surface area (Å²) in [6.45, 7) is 12.0. The Morgan fingerprint density at radius 1 is 0.800 bits per heavy atom. The molecule has 1 rings (SSSR count). The molecule has 25 heavy (non-hydrogen) atoms. The topological polar surface area (TPSA) is 36.9 Å². The lowest BCUT2D eigenvalue weighted by molar-refractivity contribution is 0.187. The van der Waals surface area contributed by atoms with Gasteiger partial charge < -0.3 is 17.7 Å². The first-order valence-electron chi connectivity index (χ1n) is 9.39. The quantitative estimate of drug-likeness (QED) is 0.327. The molecule has 144 valence electrons. The molecule has 0 aliphatic heterocycles. The van der Waals surface area contributed by atoms with Crippen molar-refractivity contribution in [1.82, 2.24) is 0 Å². The van der Waals surface area contributed by atoms with Crippen LogP contribution in [0.5, 0.6) is 5.75 Å². The van der Waals surface area contributed by atoms with Gasteiger partial charge in [-0.15, -0.1) is 0 Å². The highest BCUT2D eigenvalue weighted by atomic mass is 28.5. The van der Waals surface area contributed by atoms with E-state index in [1.54, 1.807) is 7.11 Å². The molecule has 0 atom stereocenters. The summed E-state index contributed by atoms with van der Waals surface area (Å²) in [5.41, 5.74) is 1.13. The van der Waals surface area contributed by atoms with Crippen LogP contribution >= 0.6 is 0 Å². The van der Waals surface area contributed by atoms with Gasteiger partial charge in [0, 0.05) is 6.61 Å². The predicted molar refractivity (Wildman–Crippen MR) is 109 cm³/mol. The van der Waals surface area contributed by atoms with Crippen molar-refractivity contribution in [3.63, 3.8) is 0 Å². The highest BCUT2D eigenvalue weighted by molar-refractivity contribution is 6.78. The Bertz CT molecular complexity index is 475. The van der Waals surface area contributed by atoms with Crippen LogP contribution in [-0.4, -0.2) is 30.8 Å². The third-order valence-electron chi connectivity index (χ3n) is 3.93. The van der Waals surface area contributed by atoms with Crippen molar-refractivity contribution in [2.75, 3.05) is 13.7 Å². The highest BCUT2D eigenvalue weighted by Crippen LogP contribution is 2.20. The summed E-state index contributed by atoms with van der Waals surface area (Å²) in [5.74, 6) is 0.859. The lowest BCUT2D eigenvalue weighted by atomic mass is 10.2. The maximum Gasteiger partial charge on any atom is 0.323 e. The van der Waals surface area contributed by atoms with E-state index in [-0.39, 0.29) is 0 Å². The highest BCUT2D eigenvalue weighted by Gasteiger charge is 2.36. The van der Waals surface area contributed by atoms with Crippen molar-refractivity contribution in [2.45, 2.75) is 71.8 Å². The van der Waals surface area contributed by atoms with Crippen LogP contribution in [0.3, 0.4) is 0 Å². The van der Waals surface area contributed by atoms with E-state index in [0.29, 0.717) is 6.61 Å². The second-order valence-corrected chi connectivity index (χ2v) is 14.3. The lowest BCUT2D eigenvalue weighted by Crippen LogP contribution is -2.48. The fraction of sp³-hybridized carbons (Fsp3) is 0.684. The average Bonchev–Trinajstić information content (AvgIpc) is 2.56. The van der Waals surface area contributed by atoms with E-state index in [1.807, 2.05) is 24.3 Å². The molecule has 4 nitrogen and oxygen atoms in total. The van der Waals surface area contributed by atoms with Crippen molar-refractivity contribution in [3.8, 4) is 5.75 Å². The number of methoxy groups -OCH3 is 1. The summed E-state index contributed by atoms with van der Waals surface area (Å²) in [7, 11) is -2.69. The number of ether oxygens (including phenoxy) is 1. The van der Waals surface area contributed by atoms with Crippen molar-refractivity contribution >= 4 is 17.1 Å². The summed E-state index contributed by atoms with van der Waals surface area (Å²) < 4.78 is 23.7. The molecule has 0 aliphatic rings. The normalized spacial score (nSPS) is 12.4. The van der Waals surface area contributed by atoms with E-state index in [1.165, 1.54) is 25.7 Å². The first-order chi connectivity index (χ1) is 11.8. The summed E-state index contributed by atoms with van der Waals surface area (Å²) in [4.78, 5) is 0. The van der Waals surface area contributed by atoms with Crippen LogP contribution in [0, 0.1) is 0 Å². The van der Waals surface area contributed by atoms with Crippen LogP contribution in [0.2, 0.25) is 26.2 Å². The number of benzene rings is 1. The molecule has 1 aromatic rings. The molecule has 0 aliphatic carbocycles. The molecule has 0 radical (unpaired) electrons. The molecule has 0 bridgehead atoms. The Kier molecular flexibility index (Phi) is 9.96. The molecule has 0 fully saturated rings. The van der Waals surface area contributed by atoms with Crippen LogP contribution in [-0.2, 0) is 19.6 Å². The molecule has 1 aromatic carbocycles. The van der Waals surface area contributed by atoms with Crippen LogP contribution in [0.1, 0.15) is 44.6 Å². The second kappa shape index (κ2) is 11.1. The van der Waals surface area contributed by atoms with Gasteiger partial charge >= 0.3 is 17.1 Å². The maximum absolute atomic E-state index is 6.33. The Labute approximate surface area is 156 Å². The molecule has 0 aromatic heterocycles. The molecule has 0 spiro atoms. The SMILES string of the molecule is CCCCCCCO[Si](C)(C)O[Si](C)(C)OCc1ccc(OC)cc1. The molecule has 0 unspecified atom stereocenters. The van der Waals surface area contributed by atoms with Gasteiger partial charge in [0.2, 0.25) is 0 Å². The molecule has 0 saturated heterocycles. The minimum atomic E-state index is -2.22. The summed E-state index contributed by atoms with van der Waals surface area (Å²) in [6.07, 6.45) is 6.25. The number of unbranched alkanes of at least 4 members (excludes halogenated alkanes) is 4. The molecular formula is C19H36O4Si2. The van der Waals surface area contributed by atoms with E-state index >= 15 is 0 Å². The van der Waals surface area contributed by atoms with Gasteiger partial charge in [-0.05, 0) is 50.3 Å². The van der Waals surface area contributed by atoms with Gasteiger partial charge in [-0.1, -0.05) is 44.7 Å². The van der Waals surface area contributed by atoms with Gasteiger partial charge in [-0.2, -0.15) is 0 Å². The van der Waals surface area contributed by atoms with E-state index < -0.39 is 17.1 Å². The van der Waals surface area contributed by atoms with Crippen LogP contribution in [0.4, 0.5) is 0 Å². The average molecular weight is 385 g/mol. The fourth-order valence-corrected chi connectivity index (χ4v) is 9.01. The third kappa shape index (κ3) is 10.2. The Morgan fingerprint density at radius 3 is 2.00 bits per heavy atom. The first-order valence-corrected chi connectivity index (χ1v) is 15.0. The molecular weight excluding hydrogens is 348 g/mol. The fourth-order valence-electron chi connectivity index (χ4n) is 2.65. The maximum atomic E-state index is 6.33. The molecule has 6 heteroatoms. The summed E-state index contributed by atoms with van der Waals surface area (Å²) in [6, 6.07) is 7.96. The zero-order chi connectivity index (χ0) is 18.8. The first kappa shape index (κ1) is 22.4. The van der Waals surface area contributed by atoms with Gasteiger partial charge in [-0.25, -0.2) is 0 Å². The number of rotatable bonds is 13. The number of hydrogen-bond acceptors (Lipinski definition) is 4. The molecule has 0 saturated carbocycles. The van der Waals surface area contributed by atoms with Gasteiger partial charge in [0.05, 0.1) is 13.7 Å². The monoisotopic (exact) mass is 384 g/mol. The zero-order valence-electron chi connectivity index (χ0n) is 16.9. The Hall–Kier alpha value is -0.666. The van der Waals surface area contributed by atoms with E-state index in [0.717, 1.165) is 24.3 Å². The minimum absolute atomic E-state index is 0.560. The second-order valence-electron chi connectivity index (χ2n) is 7.30. The smallest absolute Gasteiger partial charge is 0.323 e. The summed E-state index contributed by atoms with van der Waals surface area (Å²) >= 11 is 0. The van der Waals surface area contributed by atoms with Crippen molar-refractivity contribution < 1.29 is 17.7 Å². The van der Waals surface area contributed by atoms with Crippen LogP contribution in [0.15, 0.2) is 24.3 Å². The Morgan fingerprint density at radius 2 is 1.40 bits per heavy atom. The van der Waals surface area contributed by atoms with E-state index in [4.69, 9.17) is 17.7 Å². The van der Waals surface area contributed by atoms with Crippen molar-refractivity contribution in [2.24, 2.45) is 0 Å². The van der Waals surface area contributed by atoms with E-state index in [9.17, 15) is 0 Å². The minimum Gasteiger partial charge on any atom is -0.497 e. The molecule has 0 N–H and O–H groups in total. The van der Waals surface area contributed by atoms with Crippen LogP contribution < -0.4 is 4.74 Å². The summed E-state index contributed by atoms with van der Waals surface area (Å²) in [5, 5.41) is 0. The van der Waals surface area contributed by atoms with Crippen molar-refractivity contribution in [1.29, 1.82) is 0 Å². The van der Waals surface area contributed by atoms with Gasteiger partial charge in [-0.3, -0.25) is 0 Å². The predicted octanol–water partition coefficient (Wildman–Crippen LogP) is 5.62. The molecule has 0 heterocycles. The third-order valence-corrected chi connectivity index (χ3v) is 9.61. The number of hydrogen-bond donors (Lipinski definition) is 0. The van der Waals surface area contributed by atoms with Gasteiger partial charge in [0.15, 0.2) is 0 Å². The van der Waals surface area contributed by atoms with E-state index in [2.05, 4.69) is 33.1 Å². The largest absolute Gasteiger partial charge is 0.497 e. The Balaban J connectivity index is 2.35.